The zero-order valence-electron chi connectivity index (χ0n) is 22.6. The van der Waals surface area contributed by atoms with Gasteiger partial charge in [-0.15, -0.1) is 0 Å². The second-order valence-corrected chi connectivity index (χ2v) is 9.68. The van der Waals surface area contributed by atoms with Crippen LogP contribution in [-0.4, -0.2) is 44.8 Å². The summed E-state index contributed by atoms with van der Waals surface area (Å²) < 4.78 is 44.5. The molecule has 4 nitrogen and oxygen atoms in total. The van der Waals surface area contributed by atoms with E-state index in [1.165, 1.54) is 6.07 Å². The van der Waals surface area contributed by atoms with Crippen LogP contribution in [0.5, 0.6) is 0 Å². The van der Waals surface area contributed by atoms with Gasteiger partial charge in [-0.05, 0) is 74.9 Å². The van der Waals surface area contributed by atoms with Crippen LogP contribution in [-0.2, 0) is 10.9 Å². The van der Waals surface area contributed by atoms with Gasteiger partial charge in [-0.2, -0.15) is 13.2 Å². The van der Waals surface area contributed by atoms with Crippen molar-refractivity contribution >= 4 is 6.09 Å². The van der Waals surface area contributed by atoms with Crippen molar-refractivity contribution in [2.24, 2.45) is 11.8 Å². The molecule has 0 fully saturated rings. The molecule has 3 unspecified atom stereocenters. The van der Waals surface area contributed by atoms with Crippen LogP contribution in [0.3, 0.4) is 0 Å². The van der Waals surface area contributed by atoms with Gasteiger partial charge in [0.1, 0.15) is 6.61 Å². The summed E-state index contributed by atoms with van der Waals surface area (Å²) in [5, 5.41) is 2.79. The van der Waals surface area contributed by atoms with E-state index in [9.17, 15) is 18.0 Å². The molecule has 0 aliphatic rings. The molecule has 0 aromatic heterocycles. The zero-order valence-corrected chi connectivity index (χ0v) is 22.6. The molecular formula is C29H43F3N2O2. The molecular weight excluding hydrogens is 465 g/mol. The third-order valence-electron chi connectivity index (χ3n) is 6.39. The number of hydrogen-bond donors (Lipinski definition) is 1. The number of halogens is 3. The molecule has 202 valence electrons. The Morgan fingerprint density at radius 1 is 1.03 bits per heavy atom. The van der Waals surface area contributed by atoms with Gasteiger partial charge in [0.15, 0.2) is 0 Å². The Kier molecular flexibility index (Phi) is 14.2. The number of rotatable bonds is 11. The lowest BCUT2D eigenvalue weighted by molar-refractivity contribution is -0.137. The summed E-state index contributed by atoms with van der Waals surface area (Å²) in [5.41, 5.74) is 1.08. The Morgan fingerprint density at radius 3 is 2.11 bits per heavy atom. The number of carbonyl (C=O) groups is 1. The molecule has 36 heavy (non-hydrogen) atoms. The molecule has 3 atom stereocenters. The maximum Gasteiger partial charge on any atom is 0.416 e. The van der Waals surface area contributed by atoms with Crippen LogP contribution in [0.15, 0.2) is 54.6 Å². The molecule has 0 bridgehead atoms. The molecule has 1 N–H and O–H groups in total. The molecule has 0 spiro atoms. The molecule has 0 saturated carbocycles. The standard InChI is InChI=1S/C23H37F3N2O2.C6H6/c1-7-19(10-8-16(2)15-27-22(29)30-13-12-28(5)6)18(4)21-14-20(23(24,25)26)11-9-17(21)3;1-2-4-6-5-3-1/h9,11,14,16,18-19H,7-8,10,12-13,15H2,1-6H3,(H,27,29);1-6H. The lowest BCUT2D eigenvalue weighted by atomic mass is 9.79. The van der Waals surface area contributed by atoms with Gasteiger partial charge >= 0.3 is 12.3 Å². The van der Waals surface area contributed by atoms with Crippen molar-refractivity contribution in [2.75, 3.05) is 33.8 Å². The Balaban J connectivity index is 0.000000936. The first-order chi connectivity index (χ1) is 17.0. The number of alkyl halides is 3. The molecule has 0 heterocycles. The van der Waals surface area contributed by atoms with Gasteiger partial charge in [-0.1, -0.05) is 69.7 Å². The molecule has 2 rings (SSSR count). The minimum atomic E-state index is -4.33. The summed E-state index contributed by atoms with van der Waals surface area (Å²) in [6, 6.07) is 16.0. The van der Waals surface area contributed by atoms with Crippen LogP contribution in [0.1, 0.15) is 62.6 Å². The lowest BCUT2D eigenvalue weighted by Gasteiger charge is -2.26. The van der Waals surface area contributed by atoms with Gasteiger partial charge < -0.3 is 15.0 Å². The van der Waals surface area contributed by atoms with Crippen molar-refractivity contribution in [1.82, 2.24) is 10.2 Å². The summed E-state index contributed by atoms with van der Waals surface area (Å²) in [7, 11) is 3.82. The molecule has 0 radical (unpaired) electrons. The number of alkyl carbamates (subject to hydrolysis) is 1. The van der Waals surface area contributed by atoms with Crippen LogP contribution < -0.4 is 5.32 Å². The first-order valence-corrected chi connectivity index (χ1v) is 12.7. The largest absolute Gasteiger partial charge is 0.448 e. The quantitative estimate of drug-likeness (QED) is 0.341. The van der Waals surface area contributed by atoms with E-state index in [0.29, 0.717) is 19.7 Å². The Bertz CT molecular complexity index is 846. The molecule has 0 saturated heterocycles. The summed E-state index contributed by atoms with van der Waals surface area (Å²) in [6.07, 6.45) is -2.07. The predicted molar refractivity (Wildman–Crippen MR) is 141 cm³/mol. The number of nitrogens with one attached hydrogen (secondary N) is 1. The Hall–Kier alpha value is -2.54. The molecule has 2 aromatic carbocycles. The van der Waals surface area contributed by atoms with Crippen molar-refractivity contribution in [2.45, 2.75) is 59.1 Å². The average molecular weight is 509 g/mol. The number of ether oxygens (including phenoxy) is 1. The summed E-state index contributed by atoms with van der Waals surface area (Å²) in [5.74, 6) is 0.574. The minimum absolute atomic E-state index is 0.0356. The maximum atomic E-state index is 13.1. The molecule has 1 amide bonds. The van der Waals surface area contributed by atoms with E-state index in [2.05, 4.69) is 19.2 Å². The van der Waals surface area contributed by atoms with Crippen molar-refractivity contribution in [3.63, 3.8) is 0 Å². The highest BCUT2D eigenvalue weighted by molar-refractivity contribution is 5.67. The number of benzene rings is 2. The van der Waals surface area contributed by atoms with Crippen molar-refractivity contribution in [1.29, 1.82) is 0 Å². The van der Waals surface area contributed by atoms with E-state index in [-0.39, 0.29) is 17.8 Å². The van der Waals surface area contributed by atoms with Gasteiger partial charge in [-0.25, -0.2) is 4.79 Å². The maximum absolute atomic E-state index is 13.1. The van der Waals surface area contributed by atoms with E-state index in [4.69, 9.17) is 4.74 Å². The van der Waals surface area contributed by atoms with E-state index in [0.717, 1.165) is 36.5 Å². The molecule has 0 aliphatic carbocycles. The number of likely N-dealkylation sites (N-methyl/N-ethyl adjacent to an activating group) is 1. The highest BCUT2D eigenvalue weighted by Crippen LogP contribution is 2.37. The fourth-order valence-corrected chi connectivity index (χ4v) is 3.98. The van der Waals surface area contributed by atoms with Crippen LogP contribution in [0.2, 0.25) is 0 Å². The molecule has 7 heteroatoms. The number of hydrogen-bond acceptors (Lipinski definition) is 3. The van der Waals surface area contributed by atoms with E-state index >= 15 is 0 Å². The topological polar surface area (TPSA) is 41.6 Å². The third-order valence-corrected chi connectivity index (χ3v) is 6.39. The molecule has 2 aromatic rings. The average Bonchev–Trinajstić information content (AvgIpc) is 2.83. The second kappa shape index (κ2) is 16.3. The monoisotopic (exact) mass is 508 g/mol. The lowest BCUT2D eigenvalue weighted by Crippen LogP contribution is -2.31. The van der Waals surface area contributed by atoms with Crippen molar-refractivity contribution in [3.05, 3.63) is 71.3 Å². The number of nitrogens with zero attached hydrogens (tertiary/aromatic N) is 1. The first kappa shape index (κ1) is 31.5. The zero-order chi connectivity index (χ0) is 27.1. The smallest absolute Gasteiger partial charge is 0.416 e. The Labute approximate surface area is 215 Å². The fraction of sp³-hybridized carbons (Fsp3) is 0.552. The minimum Gasteiger partial charge on any atom is -0.448 e. The van der Waals surface area contributed by atoms with Gasteiger partial charge in [-0.3, -0.25) is 0 Å². The predicted octanol–water partition coefficient (Wildman–Crippen LogP) is 7.53. The second-order valence-electron chi connectivity index (χ2n) is 9.68. The highest BCUT2D eigenvalue weighted by atomic mass is 19.4. The van der Waals surface area contributed by atoms with Crippen LogP contribution in [0, 0.1) is 18.8 Å². The number of aryl methyl sites for hydroxylation is 1. The summed E-state index contributed by atoms with van der Waals surface area (Å²) in [4.78, 5) is 13.7. The summed E-state index contributed by atoms with van der Waals surface area (Å²) >= 11 is 0. The van der Waals surface area contributed by atoms with E-state index in [1.807, 2.05) is 69.2 Å². The van der Waals surface area contributed by atoms with Crippen LogP contribution in [0.25, 0.3) is 0 Å². The van der Waals surface area contributed by atoms with Crippen LogP contribution in [0.4, 0.5) is 18.0 Å². The van der Waals surface area contributed by atoms with E-state index < -0.39 is 17.8 Å². The molecule has 0 aliphatic heterocycles. The van der Waals surface area contributed by atoms with Crippen molar-refractivity contribution in [3.8, 4) is 0 Å². The number of amides is 1. The highest BCUT2D eigenvalue weighted by Gasteiger charge is 2.32. The SMILES string of the molecule is CCC(CCC(C)CNC(=O)OCCN(C)C)C(C)c1cc(C(F)(F)F)ccc1C.c1ccccc1. The normalized spacial score (nSPS) is 13.8. The fourth-order valence-electron chi connectivity index (χ4n) is 3.98. The van der Waals surface area contributed by atoms with Gasteiger partial charge in [0.05, 0.1) is 5.56 Å². The van der Waals surface area contributed by atoms with Crippen LogP contribution >= 0.6 is 0 Å². The van der Waals surface area contributed by atoms with Gasteiger partial charge in [0.25, 0.3) is 0 Å². The Morgan fingerprint density at radius 2 is 1.61 bits per heavy atom. The van der Waals surface area contributed by atoms with Crippen molar-refractivity contribution < 1.29 is 22.7 Å². The third kappa shape index (κ3) is 12.4. The van der Waals surface area contributed by atoms with Gasteiger partial charge in [0, 0.05) is 13.1 Å². The van der Waals surface area contributed by atoms with Gasteiger partial charge in [0.2, 0.25) is 0 Å². The summed E-state index contributed by atoms with van der Waals surface area (Å²) in [6.45, 7) is 9.57. The van der Waals surface area contributed by atoms with E-state index in [1.54, 1.807) is 6.07 Å². The first-order valence-electron chi connectivity index (χ1n) is 12.7. The number of carbonyl (C=O) groups excluding carboxylic acids is 1.